The molecule has 1 N–H and O–H groups in total. The highest BCUT2D eigenvalue weighted by molar-refractivity contribution is 6.30. The van der Waals surface area contributed by atoms with Gasteiger partial charge in [-0.15, -0.1) is 0 Å². The maximum Gasteiger partial charge on any atom is 0.116 e. The number of hydrogen-bond donors (Lipinski definition) is 1. The second kappa shape index (κ2) is 7.07. The zero-order valence-electron chi connectivity index (χ0n) is 12.7. The van der Waals surface area contributed by atoms with Crippen LogP contribution in [0.15, 0.2) is 78.0 Å². The standard InChI is InChI=1S/C19H16ClN3/c1-14-13-16(20)10-11-17(14)22-23-19(15-7-3-2-4-8-15)18-9-5-6-12-21-18/h2-13,22H,1H3/b23-19-. The van der Waals surface area contributed by atoms with Gasteiger partial charge >= 0.3 is 0 Å². The van der Waals surface area contributed by atoms with Crippen molar-refractivity contribution < 1.29 is 0 Å². The molecule has 0 saturated heterocycles. The first-order valence-corrected chi connectivity index (χ1v) is 7.68. The summed E-state index contributed by atoms with van der Waals surface area (Å²) in [5.41, 5.74) is 7.69. The molecule has 0 aliphatic carbocycles. The molecule has 1 heterocycles. The van der Waals surface area contributed by atoms with Crippen LogP contribution in [0.25, 0.3) is 0 Å². The minimum Gasteiger partial charge on any atom is -0.278 e. The molecule has 3 nitrogen and oxygen atoms in total. The summed E-state index contributed by atoms with van der Waals surface area (Å²) in [7, 11) is 0. The Morgan fingerprint density at radius 2 is 1.78 bits per heavy atom. The van der Waals surface area contributed by atoms with Crippen LogP contribution in [0.4, 0.5) is 5.69 Å². The molecule has 0 radical (unpaired) electrons. The number of rotatable bonds is 4. The summed E-state index contributed by atoms with van der Waals surface area (Å²) in [5.74, 6) is 0. The van der Waals surface area contributed by atoms with Gasteiger partial charge in [0, 0.05) is 16.8 Å². The van der Waals surface area contributed by atoms with Crippen LogP contribution in [0, 0.1) is 6.92 Å². The minimum absolute atomic E-state index is 0.713. The predicted octanol–water partition coefficient (Wildman–Crippen LogP) is 4.91. The molecule has 0 unspecified atom stereocenters. The number of nitrogens with zero attached hydrogens (tertiary/aromatic N) is 2. The Morgan fingerprint density at radius 1 is 1.00 bits per heavy atom. The fourth-order valence-corrected chi connectivity index (χ4v) is 2.46. The molecule has 0 saturated carbocycles. The smallest absolute Gasteiger partial charge is 0.116 e. The van der Waals surface area contributed by atoms with E-state index in [-0.39, 0.29) is 0 Å². The Bertz CT molecular complexity index is 773. The number of pyridine rings is 1. The summed E-state index contributed by atoms with van der Waals surface area (Å²) in [5, 5.41) is 5.30. The van der Waals surface area contributed by atoms with E-state index in [1.807, 2.05) is 73.7 Å². The van der Waals surface area contributed by atoms with Crippen LogP contribution in [0.1, 0.15) is 16.8 Å². The molecule has 0 bridgehead atoms. The summed E-state index contributed by atoms with van der Waals surface area (Å²) < 4.78 is 0. The number of hydrogen-bond acceptors (Lipinski definition) is 3. The van der Waals surface area contributed by atoms with Crippen molar-refractivity contribution in [2.75, 3.05) is 5.43 Å². The van der Waals surface area contributed by atoms with E-state index in [1.54, 1.807) is 6.20 Å². The van der Waals surface area contributed by atoms with Gasteiger partial charge in [0.1, 0.15) is 5.71 Å². The van der Waals surface area contributed by atoms with Crippen molar-refractivity contribution in [3.05, 3.63) is 94.8 Å². The normalized spacial score (nSPS) is 11.3. The van der Waals surface area contributed by atoms with Crippen LogP contribution in [0.3, 0.4) is 0 Å². The molecule has 0 amide bonds. The molecular formula is C19H16ClN3. The largest absolute Gasteiger partial charge is 0.278 e. The van der Waals surface area contributed by atoms with E-state index in [9.17, 15) is 0 Å². The molecule has 2 aromatic carbocycles. The number of nitrogens with one attached hydrogen (secondary N) is 1. The zero-order valence-corrected chi connectivity index (χ0v) is 13.5. The molecule has 3 rings (SSSR count). The average Bonchev–Trinajstić information content (AvgIpc) is 2.59. The first-order chi connectivity index (χ1) is 11.2. The van der Waals surface area contributed by atoms with E-state index < -0.39 is 0 Å². The third kappa shape index (κ3) is 3.76. The molecule has 0 atom stereocenters. The maximum atomic E-state index is 6.00. The van der Waals surface area contributed by atoms with Crippen LogP contribution in [0.5, 0.6) is 0 Å². The Balaban J connectivity index is 1.98. The first-order valence-electron chi connectivity index (χ1n) is 7.31. The summed E-state index contributed by atoms with van der Waals surface area (Å²) in [6.45, 7) is 1.99. The summed E-state index contributed by atoms with van der Waals surface area (Å²) in [6.07, 6.45) is 1.77. The second-order valence-electron chi connectivity index (χ2n) is 5.11. The molecule has 4 heteroatoms. The fourth-order valence-electron chi connectivity index (χ4n) is 2.24. The molecule has 0 spiro atoms. The molecule has 114 valence electrons. The number of hydrazone groups is 1. The monoisotopic (exact) mass is 321 g/mol. The van der Waals surface area contributed by atoms with Gasteiger partial charge in [-0.2, -0.15) is 5.10 Å². The predicted molar refractivity (Wildman–Crippen MR) is 96.1 cm³/mol. The lowest BCUT2D eigenvalue weighted by atomic mass is 10.1. The van der Waals surface area contributed by atoms with Crippen molar-refractivity contribution in [3.8, 4) is 0 Å². The Morgan fingerprint density at radius 3 is 2.48 bits per heavy atom. The Hall–Kier alpha value is -2.65. The number of anilines is 1. The third-order valence-corrected chi connectivity index (χ3v) is 3.67. The third-order valence-electron chi connectivity index (χ3n) is 3.43. The minimum atomic E-state index is 0.713. The highest BCUT2D eigenvalue weighted by atomic mass is 35.5. The van der Waals surface area contributed by atoms with E-state index >= 15 is 0 Å². The zero-order chi connectivity index (χ0) is 16.1. The van der Waals surface area contributed by atoms with Crippen LogP contribution in [-0.4, -0.2) is 10.7 Å². The van der Waals surface area contributed by atoms with Crippen molar-refractivity contribution >= 4 is 23.0 Å². The lowest BCUT2D eigenvalue weighted by molar-refractivity contribution is 1.24. The summed E-state index contributed by atoms with van der Waals surface area (Å²) in [6, 6.07) is 21.5. The van der Waals surface area contributed by atoms with Crippen LogP contribution >= 0.6 is 11.6 Å². The summed E-state index contributed by atoms with van der Waals surface area (Å²) in [4.78, 5) is 4.41. The molecular weight excluding hydrogens is 306 g/mol. The second-order valence-corrected chi connectivity index (χ2v) is 5.55. The van der Waals surface area contributed by atoms with Crippen LogP contribution in [0.2, 0.25) is 5.02 Å². The Labute approximate surface area is 140 Å². The maximum absolute atomic E-state index is 6.00. The molecule has 23 heavy (non-hydrogen) atoms. The number of benzene rings is 2. The van der Waals surface area contributed by atoms with Crippen molar-refractivity contribution in [3.63, 3.8) is 0 Å². The number of halogens is 1. The van der Waals surface area contributed by atoms with E-state index in [4.69, 9.17) is 11.6 Å². The molecule has 1 aromatic heterocycles. The van der Waals surface area contributed by atoms with Gasteiger partial charge in [0.25, 0.3) is 0 Å². The van der Waals surface area contributed by atoms with E-state index in [2.05, 4.69) is 15.5 Å². The Kier molecular flexibility index (Phi) is 4.69. The molecule has 0 aliphatic heterocycles. The van der Waals surface area contributed by atoms with E-state index in [1.165, 1.54) is 0 Å². The van der Waals surface area contributed by atoms with Gasteiger partial charge in [0.05, 0.1) is 11.4 Å². The lowest BCUT2D eigenvalue weighted by Crippen LogP contribution is -2.08. The van der Waals surface area contributed by atoms with Gasteiger partial charge in [-0.05, 0) is 42.8 Å². The SMILES string of the molecule is Cc1cc(Cl)ccc1N/N=C(/c1ccccc1)c1ccccn1. The number of aryl methyl sites for hydroxylation is 1. The number of aromatic nitrogens is 1. The average molecular weight is 322 g/mol. The van der Waals surface area contributed by atoms with E-state index in [0.717, 1.165) is 28.2 Å². The van der Waals surface area contributed by atoms with Gasteiger partial charge in [-0.1, -0.05) is 48.0 Å². The van der Waals surface area contributed by atoms with Gasteiger partial charge in [-0.3, -0.25) is 10.4 Å². The van der Waals surface area contributed by atoms with Gasteiger partial charge < -0.3 is 0 Å². The lowest BCUT2D eigenvalue weighted by Gasteiger charge is -2.09. The molecule has 3 aromatic rings. The van der Waals surface area contributed by atoms with Crippen molar-refractivity contribution in [1.82, 2.24) is 4.98 Å². The topological polar surface area (TPSA) is 37.3 Å². The highest BCUT2D eigenvalue weighted by Gasteiger charge is 2.08. The quantitative estimate of drug-likeness (QED) is 0.547. The first kappa shape index (κ1) is 15.3. The fraction of sp³-hybridized carbons (Fsp3) is 0.0526. The summed E-state index contributed by atoms with van der Waals surface area (Å²) >= 11 is 6.00. The van der Waals surface area contributed by atoms with Crippen LogP contribution < -0.4 is 5.43 Å². The van der Waals surface area contributed by atoms with Crippen molar-refractivity contribution in [2.45, 2.75) is 6.92 Å². The molecule has 0 aliphatic rings. The van der Waals surface area contributed by atoms with Gasteiger partial charge in [0.2, 0.25) is 0 Å². The molecule has 0 fully saturated rings. The highest BCUT2D eigenvalue weighted by Crippen LogP contribution is 2.20. The van der Waals surface area contributed by atoms with Gasteiger partial charge in [-0.25, -0.2) is 0 Å². The van der Waals surface area contributed by atoms with E-state index in [0.29, 0.717) is 5.02 Å². The van der Waals surface area contributed by atoms with Gasteiger partial charge in [0.15, 0.2) is 0 Å². The van der Waals surface area contributed by atoms with Crippen LogP contribution in [-0.2, 0) is 0 Å². The van der Waals surface area contributed by atoms with Crippen molar-refractivity contribution in [1.29, 1.82) is 0 Å². The van der Waals surface area contributed by atoms with Crippen molar-refractivity contribution in [2.24, 2.45) is 5.10 Å².